The van der Waals surface area contributed by atoms with Crippen molar-refractivity contribution in [1.29, 1.82) is 0 Å². The molecule has 0 amide bonds. The monoisotopic (exact) mass is 255 g/mol. The van der Waals surface area contributed by atoms with E-state index in [4.69, 9.17) is 5.73 Å². The number of rotatable bonds is 3. The van der Waals surface area contributed by atoms with E-state index in [0.717, 1.165) is 40.2 Å². The molecule has 0 saturated heterocycles. The Bertz CT molecular complexity index is 723. The van der Waals surface area contributed by atoms with Crippen molar-refractivity contribution in [1.82, 2.24) is 19.7 Å². The normalized spacial score (nSPS) is 11.3. The highest BCUT2D eigenvalue weighted by molar-refractivity contribution is 5.79. The first kappa shape index (κ1) is 11.9. The molecule has 3 rings (SSSR count). The largest absolute Gasteiger partial charge is 0.337 e. The zero-order chi connectivity index (χ0) is 13.4. The second-order valence-electron chi connectivity index (χ2n) is 4.64. The molecular formula is C14H17N5. The molecule has 19 heavy (non-hydrogen) atoms. The number of hydrogen-bond acceptors (Lipinski definition) is 3. The van der Waals surface area contributed by atoms with Crippen molar-refractivity contribution in [3.05, 3.63) is 35.5 Å². The Kier molecular flexibility index (Phi) is 2.83. The van der Waals surface area contributed by atoms with Crippen molar-refractivity contribution in [2.24, 2.45) is 12.8 Å². The summed E-state index contributed by atoms with van der Waals surface area (Å²) in [4.78, 5) is 7.95. The molecule has 1 aromatic carbocycles. The Morgan fingerprint density at radius 1 is 1.32 bits per heavy atom. The predicted molar refractivity (Wildman–Crippen MR) is 75.6 cm³/mol. The molecular weight excluding hydrogens is 238 g/mol. The zero-order valence-electron chi connectivity index (χ0n) is 11.1. The number of aromatic amines is 1. The molecule has 3 N–H and O–H groups in total. The maximum atomic E-state index is 5.66. The summed E-state index contributed by atoms with van der Waals surface area (Å²) in [7, 11) is 1.94. The fourth-order valence-electron chi connectivity index (χ4n) is 2.23. The van der Waals surface area contributed by atoms with E-state index in [2.05, 4.69) is 28.1 Å². The van der Waals surface area contributed by atoms with Gasteiger partial charge in [-0.3, -0.25) is 4.68 Å². The van der Waals surface area contributed by atoms with Crippen molar-refractivity contribution >= 4 is 11.0 Å². The van der Waals surface area contributed by atoms with Gasteiger partial charge in [-0.1, -0.05) is 13.0 Å². The number of imidazole rings is 1. The second kappa shape index (κ2) is 4.51. The van der Waals surface area contributed by atoms with Crippen LogP contribution in [0.4, 0.5) is 0 Å². The Hall–Kier alpha value is -2.14. The summed E-state index contributed by atoms with van der Waals surface area (Å²) in [5.74, 6) is 0.846. The van der Waals surface area contributed by atoms with Crippen LogP contribution in [-0.4, -0.2) is 19.7 Å². The molecule has 2 aromatic heterocycles. The van der Waals surface area contributed by atoms with Crippen molar-refractivity contribution in [2.75, 3.05) is 0 Å². The van der Waals surface area contributed by atoms with Gasteiger partial charge in [0.2, 0.25) is 0 Å². The van der Waals surface area contributed by atoms with E-state index >= 15 is 0 Å². The zero-order valence-corrected chi connectivity index (χ0v) is 11.1. The number of hydrogen-bond donors (Lipinski definition) is 2. The molecule has 98 valence electrons. The van der Waals surface area contributed by atoms with Gasteiger partial charge in [-0.05, 0) is 30.2 Å². The number of fused-ring (bicyclic) bond motifs is 1. The van der Waals surface area contributed by atoms with Crippen LogP contribution < -0.4 is 5.73 Å². The van der Waals surface area contributed by atoms with Gasteiger partial charge in [0.25, 0.3) is 0 Å². The molecule has 0 bridgehead atoms. The fourth-order valence-corrected chi connectivity index (χ4v) is 2.23. The molecule has 0 aliphatic heterocycles. The highest BCUT2D eigenvalue weighted by atomic mass is 15.3. The molecule has 0 unspecified atom stereocenters. The number of H-pyrrole nitrogens is 1. The van der Waals surface area contributed by atoms with Crippen molar-refractivity contribution in [3.63, 3.8) is 0 Å². The number of nitrogens with two attached hydrogens (primary N) is 1. The molecule has 5 heteroatoms. The highest BCUT2D eigenvalue weighted by Crippen LogP contribution is 2.21. The molecule has 0 saturated carbocycles. The molecule has 5 nitrogen and oxygen atoms in total. The van der Waals surface area contributed by atoms with E-state index < -0.39 is 0 Å². The molecule has 3 aromatic rings. The molecule has 0 aliphatic rings. The Morgan fingerprint density at radius 3 is 2.84 bits per heavy atom. The fraction of sp³-hybridized carbons (Fsp3) is 0.286. The summed E-state index contributed by atoms with van der Waals surface area (Å²) < 4.78 is 1.86. The maximum absolute atomic E-state index is 5.66. The van der Waals surface area contributed by atoms with E-state index in [-0.39, 0.29) is 0 Å². The summed E-state index contributed by atoms with van der Waals surface area (Å²) in [5, 5.41) is 4.45. The van der Waals surface area contributed by atoms with Crippen LogP contribution in [0.15, 0.2) is 24.3 Å². The van der Waals surface area contributed by atoms with Crippen LogP contribution >= 0.6 is 0 Å². The maximum Gasteiger partial charge on any atom is 0.156 e. The average Bonchev–Trinajstić information content (AvgIpc) is 3.00. The topological polar surface area (TPSA) is 72.5 Å². The molecule has 0 aliphatic carbocycles. The van der Waals surface area contributed by atoms with E-state index in [1.165, 1.54) is 0 Å². The minimum Gasteiger partial charge on any atom is -0.337 e. The minimum absolute atomic E-state index is 0.538. The number of nitrogens with zero attached hydrogens (tertiary/aromatic N) is 3. The summed E-state index contributed by atoms with van der Waals surface area (Å²) in [6.45, 7) is 2.63. The highest BCUT2D eigenvalue weighted by Gasteiger charge is 2.11. The van der Waals surface area contributed by atoms with Gasteiger partial charge in [-0.15, -0.1) is 0 Å². The smallest absolute Gasteiger partial charge is 0.156 e. The molecule has 0 fully saturated rings. The quantitative estimate of drug-likeness (QED) is 0.751. The molecule has 0 radical (unpaired) electrons. The van der Waals surface area contributed by atoms with Crippen LogP contribution in [0.25, 0.3) is 22.6 Å². The third kappa shape index (κ3) is 2.02. The van der Waals surface area contributed by atoms with Gasteiger partial charge in [0, 0.05) is 13.6 Å². The average molecular weight is 255 g/mol. The van der Waals surface area contributed by atoms with Gasteiger partial charge in [0.1, 0.15) is 5.69 Å². The van der Waals surface area contributed by atoms with Crippen LogP contribution in [0, 0.1) is 0 Å². The summed E-state index contributed by atoms with van der Waals surface area (Å²) in [5.41, 5.74) is 10.8. The van der Waals surface area contributed by atoms with Crippen molar-refractivity contribution in [3.8, 4) is 11.5 Å². The summed E-state index contributed by atoms with van der Waals surface area (Å²) in [6, 6.07) is 8.12. The molecule has 0 spiro atoms. The third-order valence-corrected chi connectivity index (χ3v) is 3.32. The Balaban J connectivity index is 2.11. The van der Waals surface area contributed by atoms with Gasteiger partial charge in [0.15, 0.2) is 5.82 Å². The van der Waals surface area contributed by atoms with E-state index in [1.807, 2.05) is 29.9 Å². The lowest BCUT2D eigenvalue weighted by molar-refractivity contribution is 0.749. The summed E-state index contributed by atoms with van der Waals surface area (Å²) >= 11 is 0. The van der Waals surface area contributed by atoms with Gasteiger partial charge in [-0.25, -0.2) is 4.98 Å². The van der Waals surface area contributed by atoms with Crippen molar-refractivity contribution in [2.45, 2.75) is 19.9 Å². The van der Waals surface area contributed by atoms with Crippen LogP contribution in [0.5, 0.6) is 0 Å². The number of aromatic nitrogens is 4. The molecule has 0 atom stereocenters. The van der Waals surface area contributed by atoms with Gasteiger partial charge >= 0.3 is 0 Å². The molecule has 2 heterocycles. The van der Waals surface area contributed by atoms with Crippen LogP contribution in [-0.2, 0) is 20.0 Å². The van der Waals surface area contributed by atoms with E-state index in [1.54, 1.807) is 0 Å². The summed E-state index contributed by atoms with van der Waals surface area (Å²) in [6.07, 6.45) is 0.922. The number of aryl methyl sites for hydroxylation is 2. The predicted octanol–water partition coefficient (Wildman–Crippen LogP) is 1.98. The van der Waals surface area contributed by atoms with Crippen molar-refractivity contribution < 1.29 is 0 Å². The van der Waals surface area contributed by atoms with Crippen LogP contribution in [0.1, 0.15) is 18.2 Å². The number of benzene rings is 1. The SMILES string of the molecule is CCc1cc(-c2nc3ccc(CN)cc3[nH]2)n(C)n1. The Labute approximate surface area is 111 Å². The van der Waals surface area contributed by atoms with E-state index in [9.17, 15) is 0 Å². The lowest BCUT2D eigenvalue weighted by Crippen LogP contribution is -1.95. The second-order valence-corrected chi connectivity index (χ2v) is 4.64. The minimum atomic E-state index is 0.538. The first-order valence-corrected chi connectivity index (χ1v) is 6.43. The number of nitrogens with one attached hydrogen (secondary N) is 1. The van der Waals surface area contributed by atoms with E-state index in [0.29, 0.717) is 6.54 Å². The first-order valence-electron chi connectivity index (χ1n) is 6.43. The van der Waals surface area contributed by atoms with Gasteiger partial charge < -0.3 is 10.7 Å². The lowest BCUT2D eigenvalue weighted by Gasteiger charge is -1.95. The third-order valence-electron chi connectivity index (χ3n) is 3.32. The standard InChI is InChI=1S/C14H17N5/c1-3-10-7-13(19(2)18-10)14-16-11-5-4-9(8-15)6-12(11)17-14/h4-7H,3,8,15H2,1-2H3,(H,16,17). The first-order chi connectivity index (χ1) is 9.21. The van der Waals surface area contributed by atoms with Crippen LogP contribution in [0.2, 0.25) is 0 Å². The lowest BCUT2D eigenvalue weighted by atomic mass is 10.2. The van der Waals surface area contributed by atoms with Gasteiger partial charge in [-0.2, -0.15) is 5.10 Å². The Morgan fingerprint density at radius 2 is 2.16 bits per heavy atom. The van der Waals surface area contributed by atoms with Gasteiger partial charge in [0.05, 0.1) is 16.7 Å². The van der Waals surface area contributed by atoms with Crippen LogP contribution in [0.3, 0.4) is 0 Å².